The van der Waals surface area contributed by atoms with Crippen LogP contribution in [-0.2, 0) is 4.74 Å². The maximum atomic E-state index is 12.9. The second-order valence-corrected chi connectivity index (χ2v) is 5.09. The molecule has 3 N–H and O–H groups in total. The molecule has 1 saturated carbocycles. The quantitative estimate of drug-likeness (QED) is 0.678. The molecule has 1 rings (SSSR count). The molecule has 6 nitrogen and oxygen atoms in total. The summed E-state index contributed by atoms with van der Waals surface area (Å²) in [6.07, 6.45) is -3.36. The molecule has 0 heterocycles. The van der Waals surface area contributed by atoms with E-state index in [1.807, 2.05) is 0 Å². The van der Waals surface area contributed by atoms with E-state index in [1.54, 1.807) is 6.92 Å². The third kappa shape index (κ3) is 6.40. The Balaban J connectivity index is 2.29. The number of amides is 3. The van der Waals surface area contributed by atoms with Crippen LogP contribution in [0.15, 0.2) is 0 Å². The topological polar surface area (TPSA) is 79.5 Å². The van der Waals surface area contributed by atoms with E-state index >= 15 is 0 Å². The zero-order valence-electron chi connectivity index (χ0n) is 12.5. The van der Waals surface area contributed by atoms with Gasteiger partial charge in [0.1, 0.15) is 0 Å². The van der Waals surface area contributed by atoms with Gasteiger partial charge >= 0.3 is 18.3 Å². The Bertz CT molecular complexity index is 377. The molecule has 0 unspecified atom stereocenters. The third-order valence-corrected chi connectivity index (χ3v) is 3.46. The zero-order valence-corrected chi connectivity index (χ0v) is 12.5. The number of alkyl halides is 3. The van der Waals surface area contributed by atoms with Crippen LogP contribution in [0.3, 0.4) is 0 Å². The maximum Gasteiger partial charge on any atom is 0.407 e. The average molecular weight is 325 g/mol. The van der Waals surface area contributed by atoms with E-state index < -0.39 is 30.3 Å². The Kier molecular flexibility index (Phi) is 7.26. The van der Waals surface area contributed by atoms with Crippen LogP contribution in [0.2, 0.25) is 0 Å². The molecule has 0 aromatic heterocycles. The number of urea groups is 1. The minimum absolute atomic E-state index is 0.0405. The molecule has 1 fully saturated rings. The van der Waals surface area contributed by atoms with Gasteiger partial charge in [-0.2, -0.15) is 13.2 Å². The van der Waals surface area contributed by atoms with Gasteiger partial charge in [0.25, 0.3) is 0 Å². The van der Waals surface area contributed by atoms with Crippen molar-refractivity contribution >= 4 is 12.1 Å². The predicted molar refractivity (Wildman–Crippen MR) is 73.4 cm³/mol. The molecular formula is C13H22F3N3O3. The summed E-state index contributed by atoms with van der Waals surface area (Å²) in [6.45, 7) is 2.14. The minimum Gasteiger partial charge on any atom is -0.450 e. The molecule has 0 saturated heterocycles. The van der Waals surface area contributed by atoms with Crippen LogP contribution >= 0.6 is 0 Å². The molecule has 1 aliphatic carbocycles. The van der Waals surface area contributed by atoms with E-state index in [0.29, 0.717) is 19.3 Å². The number of hydrogen-bond donors (Lipinski definition) is 3. The van der Waals surface area contributed by atoms with Gasteiger partial charge in [0.05, 0.1) is 12.5 Å². The first-order valence-electron chi connectivity index (χ1n) is 7.36. The molecule has 0 bridgehead atoms. The molecule has 0 aromatic carbocycles. The predicted octanol–water partition coefficient (Wildman–Crippen LogP) is 2.15. The van der Waals surface area contributed by atoms with Crippen LogP contribution in [0.1, 0.15) is 32.6 Å². The normalized spacial score (nSPS) is 21.8. The number of carbonyl (C=O) groups is 2. The Morgan fingerprint density at radius 1 is 1.14 bits per heavy atom. The van der Waals surface area contributed by atoms with Crippen molar-refractivity contribution in [3.8, 4) is 0 Å². The van der Waals surface area contributed by atoms with Gasteiger partial charge in [-0.1, -0.05) is 12.8 Å². The van der Waals surface area contributed by atoms with Crippen molar-refractivity contribution in [3.63, 3.8) is 0 Å². The fraction of sp³-hybridized carbons (Fsp3) is 0.846. The summed E-state index contributed by atoms with van der Waals surface area (Å²) >= 11 is 0. The molecule has 0 spiro atoms. The summed E-state index contributed by atoms with van der Waals surface area (Å²) in [5, 5.41) is 7.18. The third-order valence-electron chi connectivity index (χ3n) is 3.46. The van der Waals surface area contributed by atoms with Crippen molar-refractivity contribution in [2.75, 3.05) is 19.7 Å². The van der Waals surface area contributed by atoms with Crippen LogP contribution in [0, 0.1) is 5.92 Å². The number of alkyl carbamates (subject to hydrolysis) is 1. The molecular weight excluding hydrogens is 303 g/mol. The molecule has 2 atom stereocenters. The summed E-state index contributed by atoms with van der Waals surface area (Å²) in [6, 6.07) is -1.56. The van der Waals surface area contributed by atoms with Crippen LogP contribution in [0.4, 0.5) is 22.8 Å². The Morgan fingerprint density at radius 2 is 1.77 bits per heavy atom. The molecule has 0 aliphatic heterocycles. The highest BCUT2D eigenvalue weighted by atomic mass is 19.4. The van der Waals surface area contributed by atoms with Crippen LogP contribution in [0.25, 0.3) is 0 Å². The first-order valence-corrected chi connectivity index (χ1v) is 7.36. The second kappa shape index (κ2) is 8.70. The van der Waals surface area contributed by atoms with E-state index in [4.69, 9.17) is 0 Å². The summed E-state index contributed by atoms with van der Waals surface area (Å²) in [7, 11) is 0. The molecule has 9 heteroatoms. The summed E-state index contributed by atoms with van der Waals surface area (Å²) < 4.78 is 43.2. The zero-order chi connectivity index (χ0) is 16.6. The smallest absolute Gasteiger partial charge is 0.407 e. The standard InChI is InChI=1S/C13H22F3N3O3/c1-2-22-12(21)18-8-7-17-11(20)19-10-6-4-3-5-9(10)13(14,15)16/h9-10H,2-8H2,1H3,(H,18,21)(H2,17,19,20)/t9-,10+/m1/s1. The van der Waals surface area contributed by atoms with Gasteiger partial charge in [-0.15, -0.1) is 0 Å². The molecule has 0 aromatic rings. The number of carbonyl (C=O) groups excluding carboxylic acids is 2. The van der Waals surface area contributed by atoms with Gasteiger partial charge in [0.15, 0.2) is 0 Å². The van der Waals surface area contributed by atoms with Crippen LogP contribution < -0.4 is 16.0 Å². The highest BCUT2D eigenvalue weighted by Crippen LogP contribution is 2.37. The van der Waals surface area contributed by atoms with E-state index in [0.717, 1.165) is 0 Å². The lowest BCUT2D eigenvalue weighted by Gasteiger charge is -2.33. The fourth-order valence-electron chi connectivity index (χ4n) is 2.44. The van der Waals surface area contributed by atoms with Crippen LogP contribution in [-0.4, -0.2) is 44.0 Å². The van der Waals surface area contributed by atoms with Crippen molar-refractivity contribution in [3.05, 3.63) is 0 Å². The van der Waals surface area contributed by atoms with Gasteiger partial charge < -0.3 is 20.7 Å². The monoisotopic (exact) mass is 325 g/mol. The lowest BCUT2D eigenvalue weighted by atomic mass is 9.84. The first kappa shape index (κ1) is 18.4. The minimum atomic E-state index is -4.30. The van der Waals surface area contributed by atoms with Crippen LogP contribution in [0.5, 0.6) is 0 Å². The van der Waals surface area contributed by atoms with Crippen molar-refractivity contribution < 1.29 is 27.5 Å². The molecule has 3 amide bonds. The van der Waals surface area contributed by atoms with Gasteiger partial charge in [-0.05, 0) is 19.8 Å². The molecule has 22 heavy (non-hydrogen) atoms. The van der Waals surface area contributed by atoms with Gasteiger partial charge in [0.2, 0.25) is 0 Å². The van der Waals surface area contributed by atoms with Crippen molar-refractivity contribution in [1.82, 2.24) is 16.0 Å². The SMILES string of the molecule is CCOC(=O)NCCNC(=O)N[C@H]1CCCC[C@H]1C(F)(F)F. The Morgan fingerprint density at radius 3 is 2.41 bits per heavy atom. The lowest BCUT2D eigenvalue weighted by Crippen LogP contribution is -2.51. The molecule has 0 radical (unpaired) electrons. The lowest BCUT2D eigenvalue weighted by molar-refractivity contribution is -0.187. The number of ether oxygens (including phenoxy) is 1. The van der Waals surface area contributed by atoms with E-state index in [2.05, 4.69) is 20.7 Å². The average Bonchev–Trinajstić information content (AvgIpc) is 2.43. The highest BCUT2D eigenvalue weighted by Gasteiger charge is 2.45. The second-order valence-electron chi connectivity index (χ2n) is 5.09. The Hall–Kier alpha value is -1.67. The largest absolute Gasteiger partial charge is 0.450 e. The number of rotatable bonds is 5. The van der Waals surface area contributed by atoms with E-state index in [9.17, 15) is 22.8 Å². The maximum absolute atomic E-state index is 12.9. The molecule has 128 valence electrons. The van der Waals surface area contributed by atoms with E-state index in [-0.39, 0.29) is 26.1 Å². The number of hydrogen-bond acceptors (Lipinski definition) is 3. The van der Waals surface area contributed by atoms with Gasteiger partial charge in [0, 0.05) is 19.1 Å². The molecule has 1 aliphatic rings. The first-order chi connectivity index (χ1) is 10.3. The Labute approximate surface area is 127 Å². The van der Waals surface area contributed by atoms with Crippen molar-refractivity contribution in [2.24, 2.45) is 5.92 Å². The highest BCUT2D eigenvalue weighted by molar-refractivity contribution is 5.74. The van der Waals surface area contributed by atoms with Gasteiger partial charge in [-0.25, -0.2) is 9.59 Å². The van der Waals surface area contributed by atoms with Crippen molar-refractivity contribution in [1.29, 1.82) is 0 Å². The summed E-state index contributed by atoms with van der Waals surface area (Å²) in [5.41, 5.74) is 0. The fourth-order valence-corrected chi connectivity index (χ4v) is 2.44. The summed E-state index contributed by atoms with van der Waals surface area (Å²) in [4.78, 5) is 22.6. The van der Waals surface area contributed by atoms with E-state index in [1.165, 1.54) is 0 Å². The summed E-state index contributed by atoms with van der Waals surface area (Å²) in [5.74, 6) is -1.50. The van der Waals surface area contributed by atoms with Gasteiger partial charge in [-0.3, -0.25) is 0 Å². The number of nitrogens with one attached hydrogen (secondary N) is 3. The van der Waals surface area contributed by atoms with Crippen molar-refractivity contribution in [2.45, 2.75) is 44.8 Å². The number of halogens is 3.